The van der Waals surface area contributed by atoms with E-state index in [2.05, 4.69) is 71.1 Å². The monoisotopic (exact) mass is 356 g/mol. The van der Waals surface area contributed by atoms with Gasteiger partial charge in [-0.25, -0.2) is 0 Å². The molecular weight excluding hydrogens is 324 g/mol. The molecule has 0 amide bonds. The molecule has 0 unspecified atom stereocenters. The number of aromatic amines is 1. The molecule has 1 aliphatic rings. The van der Waals surface area contributed by atoms with Crippen molar-refractivity contribution in [2.75, 3.05) is 26.2 Å². The fourth-order valence-electron chi connectivity index (χ4n) is 3.74. The van der Waals surface area contributed by atoms with Crippen molar-refractivity contribution in [3.8, 4) is 0 Å². The van der Waals surface area contributed by atoms with Crippen molar-refractivity contribution in [1.82, 2.24) is 20.0 Å². The Morgan fingerprint density at radius 2 is 2.04 bits per heavy atom. The van der Waals surface area contributed by atoms with Crippen molar-refractivity contribution in [3.63, 3.8) is 0 Å². The number of aryl methyl sites for hydroxylation is 1. The Balaban J connectivity index is 1.62. The predicted octanol–water partition coefficient (Wildman–Crippen LogP) is 2.91. The zero-order chi connectivity index (χ0) is 18.5. The molecule has 2 aromatic rings. The van der Waals surface area contributed by atoms with Gasteiger partial charge >= 0.3 is 0 Å². The first-order valence-corrected chi connectivity index (χ1v) is 9.72. The zero-order valence-corrected chi connectivity index (χ0v) is 16.3. The average molecular weight is 357 g/mol. The topological polar surface area (TPSA) is 55.4 Å². The number of benzene rings is 1. The number of hydrogen-bond donors (Lipinski definition) is 2. The second kappa shape index (κ2) is 8.80. The predicted molar refractivity (Wildman–Crippen MR) is 105 cm³/mol. The summed E-state index contributed by atoms with van der Waals surface area (Å²) in [6, 6.07) is 11.2. The lowest BCUT2D eigenvalue weighted by Crippen LogP contribution is -2.52. The number of H-pyrrole nitrogens is 1. The first kappa shape index (κ1) is 19.1. The Hall–Kier alpha value is -1.69. The highest BCUT2D eigenvalue weighted by Gasteiger charge is 2.27. The third-order valence-corrected chi connectivity index (χ3v) is 5.42. The van der Waals surface area contributed by atoms with Crippen LogP contribution in [0.1, 0.15) is 48.7 Å². The maximum atomic E-state index is 9.54. The van der Waals surface area contributed by atoms with E-state index in [0.717, 1.165) is 44.8 Å². The summed E-state index contributed by atoms with van der Waals surface area (Å²) in [6.07, 6.45) is 0.822. The van der Waals surface area contributed by atoms with Gasteiger partial charge in [0, 0.05) is 51.1 Å². The Bertz CT molecular complexity index is 697. The second-order valence-corrected chi connectivity index (χ2v) is 7.77. The number of aliphatic hydroxyl groups is 1. The van der Waals surface area contributed by atoms with E-state index >= 15 is 0 Å². The molecule has 0 spiro atoms. The van der Waals surface area contributed by atoms with E-state index in [1.807, 2.05) is 0 Å². The van der Waals surface area contributed by atoms with Gasteiger partial charge in [0.15, 0.2) is 0 Å². The van der Waals surface area contributed by atoms with Crippen LogP contribution in [0.15, 0.2) is 30.3 Å². The second-order valence-electron chi connectivity index (χ2n) is 7.77. The molecule has 1 saturated heterocycles. The Morgan fingerprint density at radius 1 is 1.23 bits per heavy atom. The molecule has 0 radical (unpaired) electrons. The normalized spacial score (nSPS) is 19.3. The summed E-state index contributed by atoms with van der Waals surface area (Å²) in [5.41, 5.74) is 5.05. The van der Waals surface area contributed by atoms with Gasteiger partial charge in [-0.05, 0) is 36.5 Å². The van der Waals surface area contributed by atoms with E-state index < -0.39 is 0 Å². The molecule has 26 heavy (non-hydrogen) atoms. The molecule has 5 nitrogen and oxygen atoms in total. The summed E-state index contributed by atoms with van der Waals surface area (Å²) in [4.78, 5) is 5.01. The molecule has 1 atom stereocenters. The van der Waals surface area contributed by atoms with E-state index in [1.54, 1.807) is 0 Å². The van der Waals surface area contributed by atoms with Crippen LogP contribution in [0.3, 0.4) is 0 Å². The van der Waals surface area contributed by atoms with E-state index in [9.17, 15) is 5.11 Å². The SMILES string of the molecule is Cc1ccccc1CN1CCN(Cc2cc(C(C)C)n[nH]2)C[C@@H]1CCO. The molecule has 1 aromatic carbocycles. The Labute approximate surface area is 157 Å². The van der Waals surface area contributed by atoms with Gasteiger partial charge in [-0.2, -0.15) is 5.10 Å². The molecule has 0 saturated carbocycles. The fourth-order valence-corrected chi connectivity index (χ4v) is 3.74. The summed E-state index contributed by atoms with van der Waals surface area (Å²) in [6.45, 7) is 11.7. The van der Waals surface area contributed by atoms with Crippen LogP contribution in [-0.4, -0.2) is 57.4 Å². The largest absolute Gasteiger partial charge is 0.396 e. The third-order valence-electron chi connectivity index (χ3n) is 5.42. The van der Waals surface area contributed by atoms with Crippen LogP contribution < -0.4 is 0 Å². The molecule has 2 N–H and O–H groups in total. The summed E-state index contributed by atoms with van der Waals surface area (Å²) >= 11 is 0. The summed E-state index contributed by atoms with van der Waals surface area (Å²) in [5.74, 6) is 0.452. The number of rotatable bonds is 7. The lowest BCUT2D eigenvalue weighted by Gasteiger charge is -2.41. The van der Waals surface area contributed by atoms with Crippen LogP contribution in [0.25, 0.3) is 0 Å². The van der Waals surface area contributed by atoms with Gasteiger partial charge in [0.2, 0.25) is 0 Å². The Kier molecular flexibility index (Phi) is 6.46. The molecule has 1 fully saturated rings. The highest BCUT2D eigenvalue weighted by molar-refractivity contribution is 5.25. The lowest BCUT2D eigenvalue weighted by atomic mass is 10.0. The minimum atomic E-state index is 0.240. The number of piperazine rings is 1. The van der Waals surface area contributed by atoms with Gasteiger partial charge in [0.25, 0.3) is 0 Å². The van der Waals surface area contributed by atoms with Crippen molar-refractivity contribution in [3.05, 3.63) is 52.8 Å². The number of nitrogens with one attached hydrogen (secondary N) is 1. The van der Waals surface area contributed by atoms with Crippen molar-refractivity contribution in [2.45, 2.75) is 52.2 Å². The van der Waals surface area contributed by atoms with Crippen LogP contribution in [0.4, 0.5) is 0 Å². The van der Waals surface area contributed by atoms with Gasteiger partial charge in [-0.1, -0.05) is 38.1 Å². The van der Waals surface area contributed by atoms with E-state index in [4.69, 9.17) is 0 Å². The Morgan fingerprint density at radius 3 is 2.73 bits per heavy atom. The highest BCUT2D eigenvalue weighted by Crippen LogP contribution is 2.20. The van der Waals surface area contributed by atoms with Gasteiger partial charge in [0.05, 0.1) is 5.69 Å². The highest BCUT2D eigenvalue weighted by atomic mass is 16.3. The van der Waals surface area contributed by atoms with Crippen LogP contribution >= 0.6 is 0 Å². The average Bonchev–Trinajstić information content (AvgIpc) is 3.08. The number of hydrogen-bond acceptors (Lipinski definition) is 4. The number of nitrogens with zero attached hydrogens (tertiary/aromatic N) is 3. The van der Waals surface area contributed by atoms with Crippen LogP contribution in [0.2, 0.25) is 0 Å². The van der Waals surface area contributed by atoms with Crippen molar-refractivity contribution >= 4 is 0 Å². The first-order valence-electron chi connectivity index (χ1n) is 9.72. The lowest BCUT2D eigenvalue weighted by molar-refractivity contribution is 0.0493. The molecule has 3 rings (SSSR count). The number of aliphatic hydroxyl groups excluding tert-OH is 1. The smallest absolute Gasteiger partial charge is 0.0650 e. The van der Waals surface area contributed by atoms with E-state index in [-0.39, 0.29) is 6.61 Å². The summed E-state index contributed by atoms with van der Waals surface area (Å²) < 4.78 is 0. The summed E-state index contributed by atoms with van der Waals surface area (Å²) in [5, 5.41) is 17.1. The molecule has 5 heteroatoms. The zero-order valence-electron chi connectivity index (χ0n) is 16.3. The van der Waals surface area contributed by atoms with Crippen LogP contribution in [-0.2, 0) is 13.1 Å². The third kappa shape index (κ3) is 4.72. The molecule has 0 bridgehead atoms. The van der Waals surface area contributed by atoms with Gasteiger partial charge in [-0.15, -0.1) is 0 Å². The number of aromatic nitrogens is 2. The van der Waals surface area contributed by atoms with E-state index in [1.165, 1.54) is 16.8 Å². The quantitative estimate of drug-likeness (QED) is 0.801. The van der Waals surface area contributed by atoms with Crippen molar-refractivity contribution in [1.29, 1.82) is 0 Å². The standard InChI is InChI=1S/C21H32N4O/c1-16(2)21-12-19(22-23-21)14-24-9-10-25(20(15-24)8-11-26)13-18-7-5-4-6-17(18)3/h4-7,12,16,20,26H,8-11,13-15H2,1-3H3,(H,22,23)/t20-/m0/s1. The minimum Gasteiger partial charge on any atom is -0.396 e. The van der Waals surface area contributed by atoms with Gasteiger partial charge < -0.3 is 5.11 Å². The van der Waals surface area contributed by atoms with E-state index in [0.29, 0.717) is 12.0 Å². The van der Waals surface area contributed by atoms with Crippen LogP contribution in [0.5, 0.6) is 0 Å². The molecule has 0 aliphatic carbocycles. The van der Waals surface area contributed by atoms with Crippen molar-refractivity contribution < 1.29 is 5.11 Å². The minimum absolute atomic E-state index is 0.240. The maximum absolute atomic E-state index is 9.54. The maximum Gasteiger partial charge on any atom is 0.0650 e. The summed E-state index contributed by atoms with van der Waals surface area (Å²) in [7, 11) is 0. The fraction of sp³-hybridized carbons (Fsp3) is 0.571. The van der Waals surface area contributed by atoms with Crippen LogP contribution in [0, 0.1) is 6.92 Å². The molecule has 1 aliphatic heterocycles. The first-order chi connectivity index (χ1) is 12.6. The van der Waals surface area contributed by atoms with Crippen molar-refractivity contribution in [2.24, 2.45) is 0 Å². The molecule has 2 heterocycles. The molecule has 1 aromatic heterocycles. The van der Waals surface area contributed by atoms with Gasteiger partial charge in [-0.3, -0.25) is 14.9 Å². The van der Waals surface area contributed by atoms with Gasteiger partial charge in [0.1, 0.15) is 0 Å². The molecule has 142 valence electrons. The molecular formula is C21H32N4O.